The summed E-state index contributed by atoms with van der Waals surface area (Å²) in [6.07, 6.45) is 3.64. The number of nitrogens with two attached hydrogens (primary N) is 1. The first-order chi connectivity index (χ1) is 12.0. The van der Waals surface area contributed by atoms with E-state index in [1.54, 1.807) is 6.92 Å². The number of rotatable bonds is 4. The molecule has 0 spiro atoms. The maximum Gasteiger partial charge on any atom is 0.251 e. The van der Waals surface area contributed by atoms with Crippen molar-refractivity contribution in [2.75, 3.05) is 13.1 Å². The summed E-state index contributed by atoms with van der Waals surface area (Å²) in [6.45, 7) is 5.18. The molecule has 0 bridgehead atoms. The summed E-state index contributed by atoms with van der Waals surface area (Å²) in [7, 11) is 0. The molecule has 0 radical (unpaired) electrons. The maximum absolute atomic E-state index is 12.5. The van der Waals surface area contributed by atoms with Crippen LogP contribution >= 0.6 is 0 Å². The summed E-state index contributed by atoms with van der Waals surface area (Å²) in [6, 6.07) is 7.28. The van der Waals surface area contributed by atoms with E-state index in [2.05, 4.69) is 10.3 Å². The summed E-state index contributed by atoms with van der Waals surface area (Å²) in [5.41, 5.74) is 7.29. The van der Waals surface area contributed by atoms with E-state index in [0.29, 0.717) is 24.6 Å². The van der Waals surface area contributed by atoms with Crippen molar-refractivity contribution in [1.29, 1.82) is 0 Å². The molecular formula is C19H26N4O2. The Morgan fingerprint density at radius 3 is 2.64 bits per heavy atom. The molecule has 6 nitrogen and oxygen atoms in total. The highest BCUT2D eigenvalue weighted by molar-refractivity contribution is 5.98. The number of amides is 2. The van der Waals surface area contributed by atoms with Crippen molar-refractivity contribution < 1.29 is 9.59 Å². The highest BCUT2D eigenvalue weighted by atomic mass is 16.2. The predicted molar refractivity (Wildman–Crippen MR) is 98.2 cm³/mol. The Morgan fingerprint density at radius 1 is 1.24 bits per heavy atom. The molecule has 1 saturated heterocycles. The van der Waals surface area contributed by atoms with Crippen LogP contribution in [0.2, 0.25) is 0 Å². The Labute approximate surface area is 147 Å². The second kappa shape index (κ2) is 7.27. The first kappa shape index (κ1) is 17.5. The number of nitrogens with one attached hydrogen (secondary N) is 2. The molecule has 134 valence electrons. The van der Waals surface area contributed by atoms with E-state index in [-0.39, 0.29) is 17.9 Å². The van der Waals surface area contributed by atoms with Crippen LogP contribution in [0.4, 0.5) is 0 Å². The molecule has 1 aromatic carbocycles. The van der Waals surface area contributed by atoms with E-state index in [0.717, 1.165) is 23.7 Å². The van der Waals surface area contributed by atoms with Crippen molar-refractivity contribution in [3.63, 3.8) is 0 Å². The lowest BCUT2D eigenvalue weighted by Gasteiger charge is -2.35. The molecule has 0 saturated carbocycles. The van der Waals surface area contributed by atoms with Gasteiger partial charge in [-0.15, -0.1) is 0 Å². The Hall–Kier alpha value is -2.34. The summed E-state index contributed by atoms with van der Waals surface area (Å²) < 4.78 is 0. The van der Waals surface area contributed by atoms with Crippen molar-refractivity contribution in [2.45, 2.75) is 38.8 Å². The molecule has 6 heteroatoms. The summed E-state index contributed by atoms with van der Waals surface area (Å²) >= 11 is 0. The fraction of sp³-hybridized carbons (Fsp3) is 0.474. The summed E-state index contributed by atoms with van der Waals surface area (Å²) in [5, 5.41) is 4.20. The number of nitrogens with zero attached hydrogens (tertiary/aromatic N) is 1. The molecule has 2 heterocycles. The second-order valence-corrected chi connectivity index (χ2v) is 6.99. The molecule has 4 N–H and O–H groups in total. The molecular weight excluding hydrogens is 316 g/mol. The number of carbonyl (C=O) groups excluding carboxylic acids is 2. The van der Waals surface area contributed by atoms with Crippen molar-refractivity contribution in [1.82, 2.24) is 15.2 Å². The van der Waals surface area contributed by atoms with E-state index in [1.807, 2.05) is 42.3 Å². The van der Waals surface area contributed by atoms with Gasteiger partial charge in [0.1, 0.15) is 0 Å². The van der Waals surface area contributed by atoms with E-state index in [9.17, 15) is 9.59 Å². The number of benzene rings is 1. The molecule has 2 atom stereocenters. The number of hydrogen-bond donors (Lipinski definition) is 3. The lowest BCUT2D eigenvalue weighted by atomic mass is 9.90. The van der Waals surface area contributed by atoms with E-state index < -0.39 is 6.04 Å². The van der Waals surface area contributed by atoms with Gasteiger partial charge in [0.05, 0.1) is 6.04 Å². The number of carbonyl (C=O) groups is 2. The molecule has 1 aliphatic heterocycles. The van der Waals surface area contributed by atoms with Crippen LogP contribution in [-0.2, 0) is 4.79 Å². The van der Waals surface area contributed by atoms with Crippen LogP contribution in [0.25, 0.3) is 10.9 Å². The van der Waals surface area contributed by atoms with Crippen LogP contribution in [0.1, 0.15) is 37.0 Å². The van der Waals surface area contributed by atoms with Crippen LogP contribution in [0, 0.1) is 5.92 Å². The largest absolute Gasteiger partial charge is 0.361 e. The Kier molecular flexibility index (Phi) is 5.08. The SMILES string of the molecule is CC(NC(=O)c1ccc2cc[nH]c2c1)C1CCN(C(=O)[C@H](C)N)CC1. The second-order valence-electron chi connectivity index (χ2n) is 6.99. The van der Waals surface area contributed by atoms with Gasteiger partial charge < -0.3 is 20.9 Å². The minimum atomic E-state index is -0.448. The number of aromatic nitrogens is 1. The fourth-order valence-electron chi connectivity index (χ4n) is 3.50. The third-order valence-electron chi connectivity index (χ3n) is 5.12. The van der Waals surface area contributed by atoms with Gasteiger partial charge in [-0.3, -0.25) is 9.59 Å². The molecule has 2 amide bonds. The number of likely N-dealkylation sites (tertiary alicyclic amines) is 1. The highest BCUT2D eigenvalue weighted by Gasteiger charge is 2.28. The minimum absolute atomic E-state index is 0.00869. The van der Waals surface area contributed by atoms with E-state index in [1.165, 1.54) is 0 Å². The molecule has 1 unspecified atom stereocenters. The van der Waals surface area contributed by atoms with Gasteiger partial charge in [-0.2, -0.15) is 0 Å². The Bertz CT molecular complexity index is 760. The standard InChI is InChI=1S/C19H26N4O2/c1-12(20)19(25)23-9-6-14(7-10-23)13(2)22-18(24)16-4-3-15-5-8-21-17(15)11-16/h3-5,8,11-14,21H,6-7,9-10,20H2,1-2H3,(H,22,24)/t12-,13?/m0/s1. The minimum Gasteiger partial charge on any atom is -0.361 e. The molecule has 0 aliphatic carbocycles. The van der Waals surface area contributed by atoms with Gasteiger partial charge in [0.2, 0.25) is 5.91 Å². The average molecular weight is 342 g/mol. The zero-order valence-corrected chi connectivity index (χ0v) is 14.8. The van der Waals surface area contributed by atoms with Crippen LogP contribution < -0.4 is 11.1 Å². The number of aromatic amines is 1. The Balaban J connectivity index is 1.56. The smallest absolute Gasteiger partial charge is 0.251 e. The number of fused-ring (bicyclic) bond motifs is 1. The van der Waals surface area contributed by atoms with Gasteiger partial charge in [0.15, 0.2) is 0 Å². The van der Waals surface area contributed by atoms with Crippen LogP contribution in [0.5, 0.6) is 0 Å². The molecule has 3 rings (SSSR count). The van der Waals surface area contributed by atoms with E-state index >= 15 is 0 Å². The zero-order chi connectivity index (χ0) is 18.0. The molecule has 2 aromatic rings. The van der Waals surface area contributed by atoms with Crippen molar-refractivity contribution >= 4 is 22.7 Å². The first-order valence-electron chi connectivity index (χ1n) is 8.88. The normalized spacial score (nSPS) is 18.1. The maximum atomic E-state index is 12.5. The van der Waals surface area contributed by atoms with Gasteiger partial charge >= 0.3 is 0 Å². The van der Waals surface area contributed by atoms with Gasteiger partial charge in [-0.1, -0.05) is 6.07 Å². The molecule has 1 aliphatic rings. The third kappa shape index (κ3) is 3.85. The molecule has 1 fully saturated rings. The first-order valence-corrected chi connectivity index (χ1v) is 8.88. The lowest BCUT2D eigenvalue weighted by molar-refractivity contribution is -0.133. The Morgan fingerprint density at radius 2 is 1.96 bits per heavy atom. The quantitative estimate of drug-likeness (QED) is 0.792. The third-order valence-corrected chi connectivity index (χ3v) is 5.12. The zero-order valence-electron chi connectivity index (χ0n) is 14.8. The highest BCUT2D eigenvalue weighted by Crippen LogP contribution is 2.22. The average Bonchev–Trinajstić information content (AvgIpc) is 3.08. The van der Waals surface area contributed by atoms with Crippen molar-refractivity contribution in [2.24, 2.45) is 11.7 Å². The van der Waals surface area contributed by atoms with Crippen LogP contribution in [0.15, 0.2) is 30.5 Å². The summed E-state index contributed by atoms with van der Waals surface area (Å²) in [5.74, 6) is 0.322. The lowest BCUT2D eigenvalue weighted by Crippen LogP contribution is -2.49. The molecule has 25 heavy (non-hydrogen) atoms. The van der Waals surface area contributed by atoms with Gasteiger partial charge in [0, 0.05) is 36.4 Å². The van der Waals surface area contributed by atoms with Crippen LogP contribution in [-0.4, -0.2) is 46.9 Å². The number of piperidine rings is 1. The van der Waals surface area contributed by atoms with Crippen molar-refractivity contribution in [3.8, 4) is 0 Å². The van der Waals surface area contributed by atoms with E-state index in [4.69, 9.17) is 5.73 Å². The van der Waals surface area contributed by atoms with Gasteiger partial charge in [-0.05, 0) is 56.2 Å². The number of hydrogen-bond acceptors (Lipinski definition) is 3. The monoisotopic (exact) mass is 342 g/mol. The summed E-state index contributed by atoms with van der Waals surface area (Å²) in [4.78, 5) is 29.4. The predicted octanol–water partition coefficient (Wildman–Crippen LogP) is 1.87. The van der Waals surface area contributed by atoms with Gasteiger partial charge in [-0.25, -0.2) is 0 Å². The van der Waals surface area contributed by atoms with Crippen molar-refractivity contribution in [3.05, 3.63) is 36.0 Å². The topological polar surface area (TPSA) is 91.2 Å². The van der Waals surface area contributed by atoms with Crippen LogP contribution in [0.3, 0.4) is 0 Å². The molecule has 1 aromatic heterocycles. The van der Waals surface area contributed by atoms with Gasteiger partial charge in [0.25, 0.3) is 5.91 Å². The number of H-pyrrole nitrogens is 1. The fourth-order valence-corrected chi connectivity index (χ4v) is 3.50.